The Hall–Kier alpha value is -0.940. The van der Waals surface area contributed by atoms with Crippen molar-refractivity contribution in [1.29, 1.82) is 0 Å². The molecule has 5 heteroatoms. The summed E-state index contributed by atoms with van der Waals surface area (Å²) in [4.78, 5) is 7.09. The first-order valence-corrected chi connectivity index (χ1v) is 8.09. The van der Waals surface area contributed by atoms with E-state index in [1.807, 2.05) is 0 Å². The zero-order valence-electron chi connectivity index (χ0n) is 12.1. The van der Waals surface area contributed by atoms with Gasteiger partial charge in [0.25, 0.3) is 0 Å². The van der Waals surface area contributed by atoms with E-state index in [1.165, 1.54) is 64.7 Å². The SMILES string of the molecule is C1CNCC2(C1)CCCN(Cc1noc(C3CC3)n1)C2. The predicted molar refractivity (Wildman–Crippen MR) is 75.3 cm³/mol. The molecule has 1 atom stereocenters. The Morgan fingerprint density at radius 1 is 1.30 bits per heavy atom. The van der Waals surface area contributed by atoms with Gasteiger partial charge in [-0.15, -0.1) is 0 Å². The number of nitrogens with zero attached hydrogens (tertiary/aromatic N) is 3. The van der Waals surface area contributed by atoms with Crippen molar-refractivity contribution in [2.75, 3.05) is 26.2 Å². The molecule has 1 aliphatic carbocycles. The number of hydrogen-bond acceptors (Lipinski definition) is 5. The van der Waals surface area contributed by atoms with Crippen molar-refractivity contribution in [3.63, 3.8) is 0 Å². The first kappa shape index (κ1) is 12.8. The van der Waals surface area contributed by atoms with E-state index in [2.05, 4.69) is 20.4 Å². The van der Waals surface area contributed by atoms with Gasteiger partial charge in [-0.2, -0.15) is 4.98 Å². The van der Waals surface area contributed by atoms with Gasteiger partial charge in [-0.1, -0.05) is 5.16 Å². The molecule has 2 saturated heterocycles. The number of rotatable bonds is 3. The van der Waals surface area contributed by atoms with E-state index in [0.717, 1.165) is 18.3 Å². The van der Waals surface area contributed by atoms with Crippen molar-refractivity contribution < 1.29 is 4.52 Å². The fourth-order valence-corrected chi connectivity index (χ4v) is 3.85. The van der Waals surface area contributed by atoms with Crippen molar-refractivity contribution in [3.8, 4) is 0 Å². The number of hydrogen-bond donors (Lipinski definition) is 1. The molecule has 4 rings (SSSR count). The predicted octanol–water partition coefficient (Wildman–Crippen LogP) is 1.91. The van der Waals surface area contributed by atoms with Gasteiger partial charge in [-0.25, -0.2) is 0 Å². The highest BCUT2D eigenvalue weighted by Crippen LogP contribution is 2.39. The molecule has 1 aromatic heterocycles. The maximum atomic E-state index is 5.37. The molecule has 3 fully saturated rings. The molecule has 0 amide bonds. The van der Waals surface area contributed by atoms with E-state index in [4.69, 9.17) is 4.52 Å². The van der Waals surface area contributed by atoms with Crippen LogP contribution in [0.5, 0.6) is 0 Å². The van der Waals surface area contributed by atoms with Crippen molar-refractivity contribution in [3.05, 3.63) is 11.7 Å². The van der Waals surface area contributed by atoms with Gasteiger partial charge in [0.05, 0.1) is 6.54 Å². The first-order valence-electron chi connectivity index (χ1n) is 8.09. The molecule has 1 unspecified atom stereocenters. The quantitative estimate of drug-likeness (QED) is 0.914. The molecule has 1 N–H and O–H groups in total. The van der Waals surface area contributed by atoms with Crippen LogP contribution in [0, 0.1) is 5.41 Å². The Morgan fingerprint density at radius 3 is 3.00 bits per heavy atom. The molecule has 20 heavy (non-hydrogen) atoms. The van der Waals surface area contributed by atoms with E-state index >= 15 is 0 Å². The Morgan fingerprint density at radius 2 is 2.20 bits per heavy atom. The molecule has 110 valence electrons. The number of nitrogens with one attached hydrogen (secondary N) is 1. The van der Waals surface area contributed by atoms with Crippen LogP contribution in [0.25, 0.3) is 0 Å². The van der Waals surface area contributed by atoms with E-state index in [1.54, 1.807) is 0 Å². The summed E-state index contributed by atoms with van der Waals surface area (Å²) in [7, 11) is 0. The molecule has 2 aliphatic heterocycles. The highest BCUT2D eigenvalue weighted by molar-refractivity contribution is 5.02. The summed E-state index contributed by atoms with van der Waals surface area (Å²) in [5.74, 6) is 2.31. The van der Waals surface area contributed by atoms with Crippen LogP contribution in [0.15, 0.2) is 4.52 Å². The monoisotopic (exact) mass is 276 g/mol. The van der Waals surface area contributed by atoms with Gasteiger partial charge in [0, 0.05) is 19.0 Å². The lowest BCUT2D eigenvalue weighted by Gasteiger charge is -2.45. The highest BCUT2D eigenvalue weighted by Gasteiger charge is 2.37. The minimum absolute atomic E-state index is 0.500. The molecule has 3 heterocycles. The molecule has 3 aliphatic rings. The normalized spacial score (nSPS) is 31.8. The van der Waals surface area contributed by atoms with E-state index < -0.39 is 0 Å². The summed E-state index contributed by atoms with van der Waals surface area (Å²) in [5, 5.41) is 7.74. The standard InChI is InChI=1S/C15H24N4O/c1-5-15(10-16-7-1)6-2-8-19(11-15)9-13-17-14(20-18-13)12-3-4-12/h12,16H,1-11H2. The molecular formula is C15H24N4O. The minimum atomic E-state index is 0.500. The average Bonchev–Trinajstić information content (AvgIpc) is 3.21. The maximum Gasteiger partial charge on any atom is 0.229 e. The number of aromatic nitrogens is 2. The number of likely N-dealkylation sites (tertiary alicyclic amines) is 1. The zero-order valence-corrected chi connectivity index (χ0v) is 12.1. The third kappa shape index (κ3) is 2.61. The Bertz CT molecular complexity index is 457. The van der Waals surface area contributed by atoms with Gasteiger partial charge in [-0.3, -0.25) is 4.90 Å². The zero-order chi connectivity index (χ0) is 13.4. The second-order valence-electron chi connectivity index (χ2n) is 6.92. The second-order valence-corrected chi connectivity index (χ2v) is 6.92. The van der Waals surface area contributed by atoms with Crippen LogP contribution in [-0.4, -0.2) is 41.2 Å². The van der Waals surface area contributed by atoms with Gasteiger partial charge >= 0.3 is 0 Å². The summed E-state index contributed by atoms with van der Waals surface area (Å²) in [6.45, 7) is 5.60. The average molecular weight is 276 g/mol. The van der Waals surface area contributed by atoms with Gasteiger partial charge in [-0.05, 0) is 57.0 Å². The summed E-state index contributed by atoms with van der Waals surface area (Å²) in [6.07, 6.45) is 7.81. The molecule has 1 aromatic rings. The molecular weight excluding hydrogens is 252 g/mol. The van der Waals surface area contributed by atoms with Crippen molar-refractivity contribution in [1.82, 2.24) is 20.4 Å². The van der Waals surface area contributed by atoms with Crippen LogP contribution in [0.1, 0.15) is 56.2 Å². The summed E-state index contributed by atoms with van der Waals surface area (Å²) < 4.78 is 5.37. The van der Waals surface area contributed by atoms with Crippen molar-refractivity contribution in [2.24, 2.45) is 5.41 Å². The summed E-state index contributed by atoms with van der Waals surface area (Å²) in [5.41, 5.74) is 0.500. The molecule has 1 saturated carbocycles. The molecule has 0 bridgehead atoms. The van der Waals surface area contributed by atoms with Crippen molar-refractivity contribution >= 4 is 0 Å². The van der Waals surface area contributed by atoms with E-state index in [-0.39, 0.29) is 0 Å². The lowest BCUT2D eigenvalue weighted by atomic mass is 9.74. The molecule has 0 aromatic carbocycles. The van der Waals surface area contributed by atoms with Crippen LogP contribution >= 0.6 is 0 Å². The Kier molecular flexibility index (Phi) is 3.27. The van der Waals surface area contributed by atoms with Crippen LogP contribution in [-0.2, 0) is 6.54 Å². The summed E-state index contributed by atoms with van der Waals surface area (Å²) in [6, 6.07) is 0. The van der Waals surface area contributed by atoms with Crippen LogP contribution in [0.3, 0.4) is 0 Å². The van der Waals surface area contributed by atoms with E-state index in [9.17, 15) is 0 Å². The van der Waals surface area contributed by atoms with Gasteiger partial charge in [0.2, 0.25) is 5.89 Å². The number of piperidine rings is 2. The lowest BCUT2D eigenvalue weighted by molar-refractivity contribution is 0.0581. The van der Waals surface area contributed by atoms with Crippen LogP contribution in [0.4, 0.5) is 0 Å². The largest absolute Gasteiger partial charge is 0.339 e. The van der Waals surface area contributed by atoms with Gasteiger partial charge < -0.3 is 9.84 Å². The fourth-order valence-electron chi connectivity index (χ4n) is 3.85. The smallest absolute Gasteiger partial charge is 0.229 e. The third-order valence-corrected chi connectivity index (χ3v) is 5.08. The minimum Gasteiger partial charge on any atom is -0.339 e. The second kappa shape index (κ2) is 5.11. The highest BCUT2D eigenvalue weighted by atomic mass is 16.5. The topological polar surface area (TPSA) is 54.2 Å². The first-order chi connectivity index (χ1) is 9.83. The fraction of sp³-hybridized carbons (Fsp3) is 0.867. The lowest BCUT2D eigenvalue weighted by Crippen LogP contribution is -2.50. The third-order valence-electron chi connectivity index (χ3n) is 5.08. The Balaban J connectivity index is 1.39. The van der Waals surface area contributed by atoms with Crippen molar-refractivity contribution in [2.45, 2.75) is 51.0 Å². The van der Waals surface area contributed by atoms with Crippen LogP contribution in [0.2, 0.25) is 0 Å². The van der Waals surface area contributed by atoms with Crippen LogP contribution < -0.4 is 5.32 Å². The molecule has 1 spiro atoms. The van der Waals surface area contributed by atoms with Gasteiger partial charge in [0.15, 0.2) is 5.82 Å². The molecule has 5 nitrogen and oxygen atoms in total. The summed E-state index contributed by atoms with van der Waals surface area (Å²) >= 11 is 0. The maximum absolute atomic E-state index is 5.37. The van der Waals surface area contributed by atoms with Gasteiger partial charge in [0.1, 0.15) is 0 Å². The van der Waals surface area contributed by atoms with E-state index in [0.29, 0.717) is 11.3 Å². The Labute approximate surface area is 120 Å². The molecule has 0 radical (unpaired) electrons.